The predicted octanol–water partition coefficient (Wildman–Crippen LogP) is 8.68. The molecule has 0 bridgehead atoms. The molecule has 61 heavy (non-hydrogen) atoms. The Hall–Kier alpha value is -5.11. The van der Waals surface area contributed by atoms with Gasteiger partial charge in [0.25, 0.3) is 11.8 Å². The van der Waals surface area contributed by atoms with Crippen molar-refractivity contribution in [3.05, 3.63) is 59.7 Å². The van der Waals surface area contributed by atoms with Crippen LogP contribution in [0.25, 0.3) is 11.1 Å². The topological polar surface area (TPSA) is 220 Å². The second kappa shape index (κ2) is 28.4. The Kier molecular flexibility index (Phi) is 25.1. The largest absolute Gasteiger partial charge is 0.481 e. The smallest absolute Gasteiger partial charge is 0.407 e. The van der Waals surface area contributed by atoms with E-state index >= 15 is 0 Å². The third-order valence-electron chi connectivity index (χ3n) is 10.6. The average Bonchev–Trinajstić information content (AvgIpc) is 3.73. The first-order chi connectivity index (χ1) is 28.9. The summed E-state index contributed by atoms with van der Waals surface area (Å²) in [6.07, 6.45) is 6.74. The van der Waals surface area contributed by atoms with Gasteiger partial charge in [0.2, 0.25) is 0 Å². The number of fused-ring (bicyclic) bond motifs is 3. The molecule has 2 aliphatic rings. The average molecular weight is 854 g/mol. The fourth-order valence-electron chi connectivity index (χ4n) is 6.56. The van der Waals surface area contributed by atoms with Crippen LogP contribution >= 0.6 is 0 Å². The van der Waals surface area contributed by atoms with Gasteiger partial charge in [-0.25, -0.2) is 9.59 Å². The number of unbranched alkanes of at least 4 members (excludes halogenated alkanes) is 4. The van der Waals surface area contributed by atoms with Crippen LogP contribution < -0.4 is 11.1 Å². The molecule has 340 valence electrons. The van der Waals surface area contributed by atoms with Gasteiger partial charge in [-0.15, -0.1) is 5.06 Å². The number of rotatable bonds is 20. The number of carbonyl (C=O) groups is 7. The van der Waals surface area contributed by atoms with Crippen LogP contribution in [0.15, 0.2) is 48.5 Å². The lowest BCUT2D eigenvalue weighted by atomic mass is 9.86. The minimum absolute atomic E-state index is 0.00172. The van der Waals surface area contributed by atoms with Crippen LogP contribution in [0.4, 0.5) is 4.79 Å². The summed E-state index contributed by atoms with van der Waals surface area (Å²) < 4.78 is 5.48. The van der Waals surface area contributed by atoms with Gasteiger partial charge in [0.05, 0.1) is 5.92 Å². The summed E-state index contributed by atoms with van der Waals surface area (Å²) in [5.41, 5.74) is 9.63. The van der Waals surface area contributed by atoms with Crippen LogP contribution in [0, 0.1) is 23.7 Å². The minimum Gasteiger partial charge on any atom is -0.481 e. The molecule has 1 saturated heterocycles. The highest BCUT2D eigenvalue weighted by atomic mass is 16.7. The lowest BCUT2D eigenvalue weighted by molar-refractivity contribution is -0.199. The number of alkyl carbamates (subject to hydrolysis) is 1. The van der Waals surface area contributed by atoms with Crippen molar-refractivity contribution < 1.29 is 53.3 Å². The van der Waals surface area contributed by atoms with Crippen molar-refractivity contribution in [2.75, 3.05) is 6.61 Å². The van der Waals surface area contributed by atoms with Crippen molar-refractivity contribution in [2.45, 2.75) is 151 Å². The Labute approximate surface area is 362 Å². The Morgan fingerprint density at radius 1 is 0.754 bits per heavy atom. The van der Waals surface area contributed by atoms with E-state index in [9.17, 15) is 33.6 Å². The maximum Gasteiger partial charge on any atom is 0.407 e. The van der Waals surface area contributed by atoms with E-state index in [2.05, 4.69) is 19.2 Å². The van der Waals surface area contributed by atoms with E-state index in [-0.39, 0.29) is 55.3 Å². The zero-order valence-electron chi connectivity index (χ0n) is 37.7. The number of ether oxygens (including phenoxy) is 1. The standard InChI is InChI=1S/C24H24N2O6.C14H26O3.C7H15NO2.C2H6/c1-14(2)22(23(29)32-26-20(27)11-12-21(26)28)25-24(30)31-13-19-17-9-5-3-7-15(17)16-8-4-6-10-18(16)19;1-5-6-7-8-12(14(16)17)9-13(15)11(4)10(2)3;1-2-3-4-5-6(8)7(9)10;1-2/h3-10,14,19,22H,11-13H2,1-2H3,(H,25,30);10-12H,5-9H2,1-4H3,(H,16,17);6H,2-5,8H2,1H3,(H,9,10);1-2H3/t22-;11-,12+;6-;/m000./s1. The third-order valence-corrected chi connectivity index (χ3v) is 10.6. The van der Waals surface area contributed by atoms with Crippen LogP contribution in [0.3, 0.4) is 0 Å². The van der Waals surface area contributed by atoms with Gasteiger partial charge in [0.15, 0.2) is 0 Å². The Morgan fingerprint density at radius 3 is 1.69 bits per heavy atom. The first-order valence-corrected chi connectivity index (χ1v) is 21.9. The highest BCUT2D eigenvalue weighted by Gasteiger charge is 2.37. The van der Waals surface area contributed by atoms with E-state index in [1.807, 2.05) is 83.1 Å². The number of Topliss-reactive ketones (excluding diaryl/α,β-unsaturated/α-hetero) is 1. The fourth-order valence-corrected chi connectivity index (χ4v) is 6.56. The monoisotopic (exact) mass is 854 g/mol. The van der Waals surface area contributed by atoms with Crippen molar-refractivity contribution in [3.63, 3.8) is 0 Å². The summed E-state index contributed by atoms with van der Waals surface area (Å²) >= 11 is 0. The first kappa shape index (κ1) is 53.9. The highest BCUT2D eigenvalue weighted by molar-refractivity contribution is 6.02. The van der Waals surface area contributed by atoms with Gasteiger partial charge in [-0.1, -0.05) is 149 Å². The summed E-state index contributed by atoms with van der Waals surface area (Å²) in [7, 11) is 0. The number of carboxylic acid groups (broad SMARTS) is 2. The quantitative estimate of drug-likeness (QED) is 0.0726. The number of hydroxylamine groups is 2. The molecule has 2 aromatic carbocycles. The molecule has 0 unspecified atom stereocenters. The molecule has 14 heteroatoms. The van der Waals surface area contributed by atoms with Crippen LogP contribution in [0.1, 0.15) is 150 Å². The van der Waals surface area contributed by atoms with Gasteiger partial charge in [0, 0.05) is 31.1 Å². The second-order valence-electron chi connectivity index (χ2n) is 15.9. The number of imide groups is 1. The second-order valence-corrected chi connectivity index (χ2v) is 15.9. The van der Waals surface area contributed by atoms with E-state index in [1.54, 1.807) is 13.8 Å². The van der Waals surface area contributed by atoms with E-state index in [0.29, 0.717) is 17.9 Å². The molecule has 5 N–H and O–H groups in total. The Balaban J connectivity index is 0.000000538. The molecule has 14 nitrogen and oxygen atoms in total. The third kappa shape index (κ3) is 17.8. The molecule has 3 amide bonds. The number of hydrogen-bond acceptors (Lipinski definition) is 10. The maximum absolute atomic E-state index is 12.5. The van der Waals surface area contributed by atoms with E-state index in [4.69, 9.17) is 25.5 Å². The molecular weight excluding hydrogens is 783 g/mol. The number of ketones is 1. The molecule has 0 aromatic heterocycles. The van der Waals surface area contributed by atoms with Crippen molar-refractivity contribution in [1.82, 2.24) is 10.4 Å². The molecule has 1 heterocycles. The van der Waals surface area contributed by atoms with Gasteiger partial charge in [-0.05, 0) is 46.9 Å². The number of benzene rings is 2. The number of carbonyl (C=O) groups excluding carboxylic acids is 5. The zero-order valence-corrected chi connectivity index (χ0v) is 37.7. The minimum atomic E-state index is -1.08. The lowest BCUT2D eigenvalue weighted by Gasteiger charge is -2.23. The van der Waals surface area contributed by atoms with Crippen molar-refractivity contribution >= 4 is 41.6 Å². The van der Waals surface area contributed by atoms with Crippen LogP contribution in [-0.4, -0.2) is 75.6 Å². The number of carboxylic acids is 2. The van der Waals surface area contributed by atoms with E-state index in [0.717, 1.165) is 60.8 Å². The SMILES string of the molecule is CC.CC(C)[C@H](NC(=O)OCC1c2ccccc2-c2ccccc21)C(=O)ON1C(=O)CCC1=O.CCCCC[C@H](CC(=O)[C@@H](C)C(C)C)C(=O)O.CCCCC[C@H](N)C(=O)O. The molecule has 1 aliphatic heterocycles. The lowest BCUT2D eigenvalue weighted by Crippen LogP contribution is -2.48. The summed E-state index contributed by atoms with van der Waals surface area (Å²) in [6, 6.07) is 14.2. The fraction of sp³-hybridized carbons (Fsp3) is 0.596. The van der Waals surface area contributed by atoms with Gasteiger partial charge >= 0.3 is 24.0 Å². The van der Waals surface area contributed by atoms with Crippen LogP contribution in [-0.2, 0) is 38.3 Å². The van der Waals surface area contributed by atoms with Crippen molar-refractivity contribution in [2.24, 2.45) is 29.4 Å². The van der Waals surface area contributed by atoms with Crippen LogP contribution in [0.2, 0.25) is 0 Å². The highest BCUT2D eigenvalue weighted by Crippen LogP contribution is 2.44. The van der Waals surface area contributed by atoms with E-state index < -0.39 is 53.8 Å². The van der Waals surface area contributed by atoms with Gasteiger partial charge < -0.3 is 30.8 Å². The van der Waals surface area contributed by atoms with Crippen molar-refractivity contribution in [1.29, 1.82) is 0 Å². The number of nitrogens with one attached hydrogen (secondary N) is 1. The number of hydrogen-bond donors (Lipinski definition) is 4. The Morgan fingerprint density at radius 2 is 1.25 bits per heavy atom. The molecule has 0 saturated carbocycles. The predicted molar refractivity (Wildman–Crippen MR) is 234 cm³/mol. The number of nitrogens with zero attached hydrogens (tertiary/aromatic N) is 1. The maximum atomic E-state index is 12.5. The molecular formula is C47H71N3O11. The van der Waals surface area contributed by atoms with Crippen LogP contribution in [0.5, 0.6) is 0 Å². The summed E-state index contributed by atoms with van der Waals surface area (Å²) in [6.45, 7) is 17.6. The molecule has 4 rings (SSSR count). The summed E-state index contributed by atoms with van der Waals surface area (Å²) in [5, 5.41) is 20.4. The molecule has 4 atom stereocenters. The molecule has 1 aliphatic carbocycles. The summed E-state index contributed by atoms with van der Waals surface area (Å²) in [4.78, 5) is 86.5. The van der Waals surface area contributed by atoms with E-state index in [1.165, 1.54) is 0 Å². The molecule has 2 aromatic rings. The molecule has 0 radical (unpaired) electrons. The zero-order chi connectivity index (χ0) is 46.2. The number of nitrogens with two attached hydrogens (primary N) is 1. The normalized spacial score (nSPS) is 14.7. The number of amides is 3. The molecule has 0 spiro atoms. The first-order valence-electron chi connectivity index (χ1n) is 21.9. The summed E-state index contributed by atoms with van der Waals surface area (Å²) in [5.74, 6) is -4.39. The number of aliphatic carboxylic acids is 2. The molecule has 1 fully saturated rings. The van der Waals surface area contributed by atoms with Crippen molar-refractivity contribution in [3.8, 4) is 11.1 Å². The van der Waals surface area contributed by atoms with Gasteiger partial charge in [-0.2, -0.15) is 0 Å². The Bertz CT molecular complexity index is 1670. The van der Waals surface area contributed by atoms with Gasteiger partial charge in [-0.3, -0.25) is 24.0 Å². The van der Waals surface area contributed by atoms with Gasteiger partial charge in [0.1, 0.15) is 24.5 Å².